The van der Waals surface area contributed by atoms with Gasteiger partial charge in [0.05, 0.1) is 5.92 Å². The molecule has 0 bridgehead atoms. The van der Waals surface area contributed by atoms with Crippen LogP contribution in [0.2, 0.25) is 0 Å². The van der Waals surface area contributed by atoms with E-state index in [2.05, 4.69) is 162 Å². The first-order chi connectivity index (χ1) is 31.6. The lowest BCUT2D eigenvalue weighted by molar-refractivity contribution is 0.0829. The number of fused-ring (bicyclic) bond motifs is 2. The Morgan fingerprint density at radius 3 is 1.30 bits per heavy atom. The minimum Gasteiger partial charge on any atom is -0.325 e. The molecule has 0 spiro atoms. The van der Waals surface area contributed by atoms with Crippen LogP contribution < -0.4 is 42.5 Å². The fourth-order valence-corrected chi connectivity index (χ4v) is 14.0. The number of carbonyl (C=O) groups is 2. The summed E-state index contributed by atoms with van der Waals surface area (Å²) in [5, 5.41) is 15.7. The van der Waals surface area contributed by atoms with E-state index in [1.54, 1.807) is 0 Å². The Kier molecular flexibility index (Phi) is 11.6. The van der Waals surface area contributed by atoms with Gasteiger partial charge in [-0.25, -0.2) is 0 Å². The van der Waals surface area contributed by atoms with Crippen LogP contribution >= 0.6 is 15.8 Å². The van der Waals surface area contributed by atoms with E-state index in [1.807, 2.05) is 97.1 Å². The monoisotopic (exact) mass is 862 g/mol. The Bertz CT molecular complexity index is 2900. The van der Waals surface area contributed by atoms with Crippen molar-refractivity contribution in [2.45, 2.75) is 11.6 Å². The summed E-state index contributed by atoms with van der Waals surface area (Å²) in [5.41, 5.74) is 2.68. The molecule has 0 fully saturated rings. The lowest BCUT2D eigenvalue weighted by Crippen LogP contribution is -2.64. The van der Waals surface area contributed by atoms with Gasteiger partial charge in [-0.3, -0.25) is 9.59 Å². The fraction of sp³-hybridized carbons (Fsp3) is 0.0345. The van der Waals surface area contributed by atoms with Gasteiger partial charge in [0.2, 0.25) is 0 Å². The summed E-state index contributed by atoms with van der Waals surface area (Å²) in [7, 11) is -2.27. The Hall–Kier alpha value is -7.22. The van der Waals surface area contributed by atoms with Crippen LogP contribution in [0.4, 0.5) is 0 Å². The van der Waals surface area contributed by atoms with Crippen molar-refractivity contribution in [2.24, 2.45) is 0 Å². The van der Waals surface area contributed by atoms with Gasteiger partial charge in [-0.05, 0) is 93.3 Å². The van der Waals surface area contributed by atoms with Gasteiger partial charge in [0.1, 0.15) is 5.66 Å². The number of carbonyl (C=O) groups excluding carboxylic acids is 2. The summed E-state index contributed by atoms with van der Waals surface area (Å²) in [5.74, 6) is -1.09. The first kappa shape index (κ1) is 40.8. The molecule has 9 aromatic rings. The highest BCUT2D eigenvalue weighted by atomic mass is 31.1. The maximum absolute atomic E-state index is 15.6. The number of hydrogen-bond donors (Lipinski definition) is 2. The van der Waals surface area contributed by atoms with Crippen LogP contribution in [0, 0.1) is 0 Å². The zero-order chi connectivity index (χ0) is 43.3. The molecule has 9 aromatic carbocycles. The molecule has 0 heterocycles. The maximum Gasteiger partial charge on any atom is 0.254 e. The first-order valence-corrected chi connectivity index (χ1v) is 24.2. The third kappa shape index (κ3) is 7.99. The topological polar surface area (TPSA) is 58.2 Å². The Balaban J connectivity index is 1.15. The van der Waals surface area contributed by atoms with Crippen LogP contribution in [-0.4, -0.2) is 17.5 Å². The third-order valence-electron chi connectivity index (χ3n) is 11.9. The third-order valence-corrected chi connectivity index (χ3v) is 16.9. The molecule has 10 rings (SSSR count). The number of amides is 2. The molecule has 0 saturated heterocycles. The van der Waals surface area contributed by atoms with Gasteiger partial charge in [-0.1, -0.05) is 231 Å². The summed E-state index contributed by atoms with van der Waals surface area (Å²) in [6, 6.07) is 80.4. The normalized spacial score (nSPS) is 13.9. The molecule has 308 valence electrons. The summed E-state index contributed by atoms with van der Waals surface area (Å²) < 4.78 is 0. The second kappa shape index (κ2) is 18.2. The number of nitrogens with one attached hydrogen (secondary N) is 2. The van der Waals surface area contributed by atoms with Crippen LogP contribution in [0.3, 0.4) is 0 Å². The fourth-order valence-electron chi connectivity index (χ4n) is 9.06. The summed E-state index contributed by atoms with van der Waals surface area (Å²) in [6.45, 7) is 0. The minimum absolute atomic E-state index is 0.284. The van der Waals surface area contributed by atoms with E-state index in [0.717, 1.165) is 59.3 Å². The largest absolute Gasteiger partial charge is 0.325 e. The Morgan fingerprint density at radius 1 is 0.391 bits per heavy atom. The van der Waals surface area contributed by atoms with Crippen molar-refractivity contribution in [3.05, 3.63) is 270 Å². The van der Waals surface area contributed by atoms with Crippen molar-refractivity contribution in [3.63, 3.8) is 0 Å². The lowest BCUT2D eigenvalue weighted by atomic mass is 9.73. The van der Waals surface area contributed by atoms with Gasteiger partial charge in [0.25, 0.3) is 11.8 Å². The van der Waals surface area contributed by atoms with E-state index in [1.165, 1.54) is 0 Å². The smallest absolute Gasteiger partial charge is 0.254 e. The summed E-state index contributed by atoms with van der Waals surface area (Å²) in [4.78, 5) is 31.3. The molecule has 0 unspecified atom stereocenters. The molecule has 1 atom stereocenters. The number of benzene rings is 9. The number of rotatable bonds is 11. The molecule has 64 heavy (non-hydrogen) atoms. The SMILES string of the molecule is O=C(NC1(NC(=O)c2ccccc2P(c2ccccc2)c2ccccc2)C=Cc2ccccc2[C@@H]1c1cccc2ccccc12)c1ccccc1P(c1ccccc1)c1ccccc1. The first-order valence-electron chi connectivity index (χ1n) is 21.5. The zero-order valence-electron chi connectivity index (χ0n) is 35.0. The van der Waals surface area contributed by atoms with Crippen molar-refractivity contribution in [1.82, 2.24) is 10.6 Å². The van der Waals surface area contributed by atoms with Crippen LogP contribution in [0.5, 0.6) is 0 Å². The van der Waals surface area contributed by atoms with Crippen molar-refractivity contribution in [1.29, 1.82) is 0 Å². The molecule has 0 aliphatic heterocycles. The second-order valence-corrected chi connectivity index (χ2v) is 20.2. The Labute approximate surface area is 376 Å². The Morgan fingerprint density at radius 2 is 0.781 bits per heavy atom. The van der Waals surface area contributed by atoms with E-state index < -0.39 is 27.4 Å². The van der Waals surface area contributed by atoms with Gasteiger partial charge >= 0.3 is 0 Å². The quantitative estimate of drug-likeness (QED) is 0.101. The predicted octanol–water partition coefficient (Wildman–Crippen LogP) is 10.1. The van der Waals surface area contributed by atoms with Crippen LogP contribution in [0.25, 0.3) is 16.8 Å². The molecule has 0 saturated carbocycles. The summed E-state index contributed by atoms with van der Waals surface area (Å²) >= 11 is 0. The highest BCUT2D eigenvalue weighted by Crippen LogP contribution is 2.44. The minimum atomic E-state index is -1.43. The molecule has 6 heteroatoms. The molecular formula is C58H44N2O2P2. The van der Waals surface area contributed by atoms with E-state index in [-0.39, 0.29) is 11.8 Å². The van der Waals surface area contributed by atoms with Gasteiger partial charge in [-0.2, -0.15) is 0 Å². The molecule has 2 amide bonds. The molecular weight excluding hydrogens is 819 g/mol. The molecule has 2 N–H and O–H groups in total. The number of hydrogen-bond acceptors (Lipinski definition) is 2. The second-order valence-electron chi connectivity index (χ2n) is 15.8. The van der Waals surface area contributed by atoms with Crippen LogP contribution in [-0.2, 0) is 0 Å². The van der Waals surface area contributed by atoms with Gasteiger partial charge in [0, 0.05) is 11.1 Å². The molecule has 1 aliphatic carbocycles. The van der Waals surface area contributed by atoms with E-state index >= 15 is 9.59 Å². The van der Waals surface area contributed by atoms with Gasteiger partial charge < -0.3 is 10.6 Å². The van der Waals surface area contributed by atoms with Crippen LogP contribution in [0.15, 0.2) is 243 Å². The molecule has 1 aliphatic rings. The van der Waals surface area contributed by atoms with Crippen LogP contribution in [0.1, 0.15) is 43.3 Å². The zero-order valence-corrected chi connectivity index (χ0v) is 36.7. The van der Waals surface area contributed by atoms with Crippen molar-refractivity contribution in [2.75, 3.05) is 0 Å². The molecule has 0 radical (unpaired) electrons. The van der Waals surface area contributed by atoms with Gasteiger partial charge in [-0.15, -0.1) is 0 Å². The van der Waals surface area contributed by atoms with Crippen molar-refractivity contribution >= 4 is 76.3 Å². The van der Waals surface area contributed by atoms with Gasteiger partial charge in [0.15, 0.2) is 0 Å². The standard InChI is InChI=1S/C58H44N2O2P2/c61-56(51-35-17-19-38-53(51)63(44-25-5-1-6-26-44)45-27-7-2-8-28-45)59-58(41-40-43-23-14-16-34-49(43)55(58)50-37-21-24-42-22-13-15-33-48(42)50)60-57(62)52-36-18-20-39-54(52)64(46-29-9-3-10-30-46)47-31-11-4-12-32-47/h1-41,55H,(H,59,61)(H,60,62)/t55-/m1/s1. The average molecular weight is 863 g/mol. The molecule has 4 nitrogen and oxygen atoms in total. The highest BCUT2D eigenvalue weighted by Gasteiger charge is 2.46. The maximum atomic E-state index is 15.6. The van der Waals surface area contributed by atoms with E-state index in [0.29, 0.717) is 11.1 Å². The lowest BCUT2D eigenvalue weighted by Gasteiger charge is -2.44. The average Bonchev–Trinajstić information content (AvgIpc) is 3.36. The van der Waals surface area contributed by atoms with Crippen molar-refractivity contribution in [3.8, 4) is 0 Å². The van der Waals surface area contributed by atoms with E-state index in [9.17, 15) is 0 Å². The summed E-state index contributed by atoms with van der Waals surface area (Å²) in [6.07, 6.45) is 4.04. The highest BCUT2D eigenvalue weighted by molar-refractivity contribution is 7.80. The molecule has 0 aromatic heterocycles. The predicted molar refractivity (Wildman–Crippen MR) is 269 cm³/mol. The van der Waals surface area contributed by atoms with E-state index in [4.69, 9.17) is 0 Å². The van der Waals surface area contributed by atoms with Crippen molar-refractivity contribution < 1.29 is 9.59 Å².